The van der Waals surface area contributed by atoms with E-state index in [0.29, 0.717) is 17.5 Å². The zero-order chi connectivity index (χ0) is 46.0. The highest BCUT2D eigenvalue weighted by atomic mass is 32.2. The summed E-state index contributed by atoms with van der Waals surface area (Å²) in [6.45, 7) is 0. The van der Waals surface area contributed by atoms with Crippen molar-refractivity contribution in [2.24, 2.45) is 0 Å². The van der Waals surface area contributed by atoms with Crippen LogP contribution in [0, 0.1) is 0 Å². The van der Waals surface area contributed by atoms with Gasteiger partial charge in [-0.15, -0.1) is 0 Å². The molecule has 12 aromatic rings. The quantitative estimate of drug-likeness (QED) is 0.176. The maximum Gasteiger partial charge on any atom is 0.164 e. The minimum Gasteiger partial charge on any atom is -0.455 e. The number of aromatic nitrogens is 3. The molecule has 1 aliphatic heterocycles. The van der Waals surface area contributed by atoms with E-state index in [1.807, 2.05) is 42.1 Å². The van der Waals surface area contributed by atoms with Crippen molar-refractivity contribution in [3.63, 3.8) is 0 Å². The molecule has 70 heavy (non-hydrogen) atoms. The van der Waals surface area contributed by atoms with Gasteiger partial charge in [0.15, 0.2) is 17.5 Å². The highest BCUT2D eigenvalue weighted by molar-refractivity contribution is 7.99. The van der Waals surface area contributed by atoms with Crippen LogP contribution in [0.2, 0.25) is 0 Å². The third kappa shape index (κ3) is 5.35. The third-order valence-corrected chi connectivity index (χ3v) is 16.3. The maximum atomic E-state index is 6.43. The summed E-state index contributed by atoms with van der Waals surface area (Å²) in [7, 11) is 0. The monoisotopic (exact) mass is 909 g/mol. The van der Waals surface area contributed by atoms with Crippen molar-refractivity contribution in [2.75, 3.05) is 0 Å². The minimum atomic E-state index is -0.592. The van der Waals surface area contributed by atoms with Crippen molar-refractivity contribution in [1.82, 2.24) is 15.0 Å². The van der Waals surface area contributed by atoms with Gasteiger partial charge in [-0.3, -0.25) is 0 Å². The average Bonchev–Trinajstić information content (AvgIpc) is 3.96. The lowest BCUT2D eigenvalue weighted by atomic mass is 9.51. The highest BCUT2D eigenvalue weighted by Crippen LogP contribution is 2.67. The third-order valence-electron chi connectivity index (χ3n) is 15.1. The van der Waals surface area contributed by atoms with Gasteiger partial charge in [-0.1, -0.05) is 224 Å². The molecule has 0 fully saturated rings. The summed E-state index contributed by atoms with van der Waals surface area (Å²) in [4.78, 5) is 18.3. The molecular formula is C65H39N3OS. The molecule has 0 bridgehead atoms. The molecule has 0 saturated heterocycles. The second kappa shape index (κ2) is 14.9. The molecular weight excluding hydrogens is 871 g/mol. The highest BCUT2D eigenvalue weighted by Gasteiger charge is 2.58. The Kier molecular flexibility index (Phi) is 8.40. The molecule has 4 nitrogen and oxygen atoms in total. The predicted octanol–water partition coefficient (Wildman–Crippen LogP) is 16.0. The van der Waals surface area contributed by atoms with Crippen LogP contribution >= 0.6 is 11.8 Å². The first-order chi connectivity index (χ1) is 34.7. The van der Waals surface area contributed by atoms with E-state index in [1.54, 1.807) is 0 Å². The number of hydrogen-bond acceptors (Lipinski definition) is 5. The van der Waals surface area contributed by atoms with Crippen molar-refractivity contribution in [3.8, 4) is 56.4 Å². The number of furan rings is 1. The fraction of sp³-hybridized carbons (Fsp3) is 0.0308. The molecule has 2 aromatic heterocycles. The number of rotatable bonds is 4. The van der Waals surface area contributed by atoms with Gasteiger partial charge in [-0.25, -0.2) is 15.0 Å². The minimum absolute atomic E-state index is 0.525. The van der Waals surface area contributed by atoms with Crippen molar-refractivity contribution in [1.29, 1.82) is 0 Å². The Hall–Kier alpha value is -8.64. The SMILES string of the molecule is c1ccc(-c2nc(-c3ccc(-c4cccc5c4oc4ccccc45)cc3)nc(-c3ccc4c(c3)-c3ccccc3C43c4ccccc4C4(c5ccccc5Sc5ccccc54)c4ccccc43)n2)cc1. The second-order valence-corrected chi connectivity index (χ2v) is 19.6. The normalized spacial score (nSPS) is 14.2. The summed E-state index contributed by atoms with van der Waals surface area (Å²) in [6.07, 6.45) is 0. The molecule has 0 unspecified atom stereocenters. The number of benzene rings is 10. The van der Waals surface area contributed by atoms with Gasteiger partial charge in [0.25, 0.3) is 0 Å². The molecule has 5 heteroatoms. The van der Waals surface area contributed by atoms with Gasteiger partial charge in [-0.05, 0) is 85.5 Å². The van der Waals surface area contributed by atoms with E-state index in [1.165, 1.54) is 65.4 Å². The van der Waals surface area contributed by atoms with Gasteiger partial charge in [-0.2, -0.15) is 0 Å². The molecule has 0 radical (unpaired) electrons. The lowest BCUT2D eigenvalue weighted by Crippen LogP contribution is -2.45. The van der Waals surface area contributed by atoms with E-state index in [-0.39, 0.29) is 0 Å². The zero-order valence-electron chi connectivity index (χ0n) is 37.7. The Morgan fingerprint density at radius 1 is 0.300 bits per heavy atom. The van der Waals surface area contributed by atoms with E-state index >= 15 is 0 Å². The molecule has 2 aliphatic carbocycles. The summed E-state index contributed by atoms with van der Waals surface area (Å²) in [5.41, 5.74) is 18.3. The molecule has 0 N–H and O–H groups in total. The fourth-order valence-electron chi connectivity index (χ4n) is 12.3. The number of hydrogen-bond donors (Lipinski definition) is 0. The van der Waals surface area contributed by atoms with Crippen molar-refractivity contribution in [2.45, 2.75) is 20.6 Å². The number of fused-ring (bicyclic) bond motifs is 18. The van der Waals surface area contributed by atoms with Crippen LogP contribution in [0.5, 0.6) is 0 Å². The van der Waals surface area contributed by atoms with Crippen LogP contribution in [0.3, 0.4) is 0 Å². The van der Waals surface area contributed by atoms with Gasteiger partial charge in [0, 0.05) is 42.8 Å². The molecule has 3 aliphatic rings. The first kappa shape index (κ1) is 39.4. The summed E-state index contributed by atoms with van der Waals surface area (Å²) < 4.78 is 6.43. The van der Waals surface area contributed by atoms with Gasteiger partial charge in [0.05, 0.1) is 10.8 Å². The second-order valence-electron chi connectivity index (χ2n) is 18.5. The number of para-hydroxylation sites is 2. The average molecular weight is 910 g/mol. The van der Waals surface area contributed by atoms with Crippen LogP contribution in [0.4, 0.5) is 0 Å². The van der Waals surface area contributed by atoms with Crippen molar-refractivity contribution >= 4 is 33.7 Å². The van der Waals surface area contributed by atoms with Gasteiger partial charge < -0.3 is 4.42 Å². The van der Waals surface area contributed by atoms with Crippen LogP contribution in [0.1, 0.15) is 44.5 Å². The Balaban J connectivity index is 0.915. The Morgan fingerprint density at radius 2 is 0.743 bits per heavy atom. The first-order valence-electron chi connectivity index (χ1n) is 23.8. The topological polar surface area (TPSA) is 51.8 Å². The fourth-order valence-corrected chi connectivity index (χ4v) is 13.5. The smallest absolute Gasteiger partial charge is 0.164 e. The number of nitrogens with zero attached hydrogens (tertiary/aromatic N) is 3. The van der Waals surface area contributed by atoms with E-state index < -0.39 is 10.8 Å². The zero-order valence-corrected chi connectivity index (χ0v) is 38.5. The molecule has 3 heterocycles. The predicted molar refractivity (Wildman–Crippen MR) is 282 cm³/mol. The lowest BCUT2D eigenvalue weighted by molar-refractivity contribution is 0.605. The van der Waals surface area contributed by atoms with Crippen molar-refractivity contribution < 1.29 is 4.42 Å². The molecule has 15 rings (SSSR count). The van der Waals surface area contributed by atoms with Crippen LogP contribution in [0.25, 0.3) is 78.4 Å². The first-order valence-corrected chi connectivity index (χ1v) is 24.7. The molecule has 0 atom stereocenters. The van der Waals surface area contributed by atoms with Gasteiger partial charge >= 0.3 is 0 Å². The van der Waals surface area contributed by atoms with Crippen LogP contribution in [0.15, 0.2) is 251 Å². The molecule has 326 valence electrons. The lowest BCUT2D eigenvalue weighted by Gasteiger charge is -2.51. The molecule has 10 aromatic carbocycles. The summed E-state index contributed by atoms with van der Waals surface area (Å²) in [6, 6.07) is 85.8. The largest absolute Gasteiger partial charge is 0.455 e. The molecule has 2 spiro atoms. The van der Waals surface area contributed by atoms with E-state index in [4.69, 9.17) is 19.4 Å². The van der Waals surface area contributed by atoms with Crippen LogP contribution < -0.4 is 0 Å². The van der Waals surface area contributed by atoms with Crippen LogP contribution in [-0.2, 0) is 10.8 Å². The standard InChI is InChI=1S/C65H39N3OS/c1-2-17-41(18-3-1)61-66-62(42-35-33-40(34-36-42)44-21-16-22-47-46-20-5-13-30-57(46)69-60(44)47)68-63(67-61)43-37-38-50-48(39-43)45-19-4-6-23-49(45)64(50)51-24-7-9-26-53(51)65(54-27-10-8-25-52(54)64)55-28-11-14-31-58(55)70-59-32-15-12-29-56(59)65/h1-39H. The van der Waals surface area contributed by atoms with Gasteiger partial charge in [0.1, 0.15) is 11.2 Å². The summed E-state index contributed by atoms with van der Waals surface area (Å²) in [5, 5.41) is 2.22. The van der Waals surface area contributed by atoms with Gasteiger partial charge in [0.2, 0.25) is 0 Å². The molecule has 0 saturated carbocycles. The Labute approximate surface area is 409 Å². The summed E-state index contributed by atoms with van der Waals surface area (Å²) in [5.74, 6) is 1.86. The van der Waals surface area contributed by atoms with E-state index in [2.05, 4.69) is 206 Å². The summed E-state index contributed by atoms with van der Waals surface area (Å²) >= 11 is 1.88. The van der Waals surface area contributed by atoms with E-state index in [0.717, 1.165) is 49.8 Å². The Morgan fingerprint density at radius 3 is 1.40 bits per heavy atom. The maximum absolute atomic E-state index is 6.43. The Bertz CT molecular complexity index is 4020. The van der Waals surface area contributed by atoms with Crippen molar-refractivity contribution in [3.05, 3.63) is 281 Å². The molecule has 0 amide bonds. The van der Waals surface area contributed by atoms with E-state index in [9.17, 15) is 0 Å². The van der Waals surface area contributed by atoms with Crippen LogP contribution in [-0.4, -0.2) is 15.0 Å².